The molecule has 1 unspecified atom stereocenters. The summed E-state index contributed by atoms with van der Waals surface area (Å²) in [5.41, 5.74) is 0. The van der Waals surface area contributed by atoms with E-state index in [4.69, 9.17) is 11.6 Å². The summed E-state index contributed by atoms with van der Waals surface area (Å²) in [5.74, 6) is 1.59. The Kier molecular flexibility index (Phi) is 7.81. The van der Waals surface area contributed by atoms with Crippen molar-refractivity contribution in [3.63, 3.8) is 0 Å². The van der Waals surface area contributed by atoms with Crippen LogP contribution in [0.25, 0.3) is 0 Å². The van der Waals surface area contributed by atoms with E-state index in [0.717, 1.165) is 50.1 Å². The van der Waals surface area contributed by atoms with E-state index in [-0.39, 0.29) is 0 Å². The number of hydrogen-bond donors (Lipinski definition) is 2. The number of hydrogen-bond acceptors (Lipinski definition) is 4. The van der Waals surface area contributed by atoms with Crippen LogP contribution in [0.15, 0.2) is 17.1 Å². The van der Waals surface area contributed by atoms with Crippen LogP contribution in [-0.2, 0) is 0 Å². The lowest BCUT2D eigenvalue weighted by Crippen LogP contribution is -2.53. The molecule has 2 rings (SSSR count). The third-order valence-electron chi connectivity index (χ3n) is 3.97. The molecule has 1 aromatic rings. The van der Waals surface area contributed by atoms with E-state index in [1.54, 1.807) is 0 Å². The highest BCUT2D eigenvalue weighted by Gasteiger charge is 2.20. The molecule has 24 heavy (non-hydrogen) atoms. The van der Waals surface area contributed by atoms with Crippen LogP contribution < -0.4 is 5.32 Å². The molecular formula is C17H29ClN4OS. The Morgan fingerprint density at radius 1 is 1.33 bits per heavy atom. The molecule has 1 aliphatic rings. The van der Waals surface area contributed by atoms with E-state index in [9.17, 15) is 5.11 Å². The minimum Gasteiger partial charge on any atom is -0.386 e. The van der Waals surface area contributed by atoms with E-state index in [1.165, 1.54) is 11.3 Å². The Morgan fingerprint density at radius 3 is 2.58 bits per heavy atom. The molecular weight excluding hydrogens is 344 g/mol. The number of rotatable bonds is 6. The van der Waals surface area contributed by atoms with Gasteiger partial charge < -0.3 is 15.3 Å². The third kappa shape index (κ3) is 5.92. The van der Waals surface area contributed by atoms with E-state index >= 15 is 0 Å². The van der Waals surface area contributed by atoms with Crippen molar-refractivity contribution in [1.82, 2.24) is 15.1 Å². The molecule has 0 bridgehead atoms. The molecule has 2 heterocycles. The minimum atomic E-state index is -0.599. The van der Waals surface area contributed by atoms with Crippen LogP contribution in [0, 0.1) is 5.92 Å². The van der Waals surface area contributed by atoms with Gasteiger partial charge >= 0.3 is 0 Å². The number of piperazine rings is 1. The Morgan fingerprint density at radius 2 is 2.04 bits per heavy atom. The van der Waals surface area contributed by atoms with Crippen molar-refractivity contribution in [2.24, 2.45) is 10.9 Å². The summed E-state index contributed by atoms with van der Waals surface area (Å²) in [6, 6.07) is 3.68. The van der Waals surface area contributed by atoms with E-state index in [2.05, 4.69) is 40.9 Å². The number of halogens is 1. The highest BCUT2D eigenvalue weighted by molar-refractivity contribution is 7.16. The van der Waals surface area contributed by atoms with E-state index in [0.29, 0.717) is 16.8 Å². The van der Waals surface area contributed by atoms with Crippen molar-refractivity contribution >= 4 is 28.9 Å². The molecule has 7 heteroatoms. The zero-order valence-corrected chi connectivity index (χ0v) is 16.4. The molecule has 0 aliphatic carbocycles. The summed E-state index contributed by atoms with van der Waals surface area (Å²) in [5, 5.41) is 13.6. The number of nitrogens with zero attached hydrogens (tertiary/aromatic N) is 3. The topological polar surface area (TPSA) is 51.1 Å². The van der Waals surface area contributed by atoms with Crippen molar-refractivity contribution in [1.29, 1.82) is 0 Å². The van der Waals surface area contributed by atoms with Crippen LogP contribution in [0.3, 0.4) is 0 Å². The summed E-state index contributed by atoms with van der Waals surface area (Å²) in [7, 11) is 0. The Hall–Kier alpha value is -0.820. The van der Waals surface area contributed by atoms with Crippen LogP contribution >= 0.6 is 22.9 Å². The Labute approximate surface area is 154 Å². The van der Waals surface area contributed by atoms with Crippen LogP contribution in [0.2, 0.25) is 4.34 Å². The molecule has 1 aromatic heterocycles. The fourth-order valence-electron chi connectivity index (χ4n) is 2.85. The van der Waals surface area contributed by atoms with Gasteiger partial charge in [-0.2, -0.15) is 0 Å². The highest BCUT2D eigenvalue weighted by atomic mass is 35.5. The average Bonchev–Trinajstić information content (AvgIpc) is 2.98. The van der Waals surface area contributed by atoms with Gasteiger partial charge in [0, 0.05) is 44.1 Å². The summed E-state index contributed by atoms with van der Waals surface area (Å²) >= 11 is 7.34. The lowest BCUT2D eigenvalue weighted by Gasteiger charge is -2.37. The van der Waals surface area contributed by atoms with Gasteiger partial charge in [-0.1, -0.05) is 25.4 Å². The SMILES string of the molecule is CCNC(=NCC(O)c1ccc(Cl)s1)N1CCN(CC(C)C)CC1. The van der Waals surface area contributed by atoms with Gasteiger partial charge in [-0.15, -0.1) is 11.3 Å². The second-order valence-corrected chi connectivity index (χ2v) is 8.28. The van der Waals surface area contributed by atoms with Crippen LogP contribution in [-0.4, -0.2) is 66.7 Å². The first-order valence-electron chi connectivity index (χ1n) is 8.68. The summed E-state index contributed by atoms with van der Waals surface area (Å²) in [6.07, 6.45) is -0.599. The van der Waals surface area contributed by atoms with Gasteiger partial charge in [0.1, 0.15) is 6.10 Å². The van der Waals surface area contributed by atoms with E-state index < -0.39 is 6.10 Å². The molecule has 1 saturated heterocycles. The summed E-state index contributed by atoms with van der Waals surface area (Å²) < 4.78 is 0.696. The Balaban J connectivity index is 1.91. The average molecular weight is 373 g/mol. The highest BCUT2D eigenvalue weighted by Crippen LogP contribution is 2.27. The number of nitrogens with one attached hydrogen (secondary N) is 1. The number of thiophene rings is 1. The van der Waals surface area contributed by atoms with Crippen molar-refractivity contribution in [3.05, 3.63) is 21.3 Å². The van der Waals surface area contributed by atoms with Crippen LogP contribution in [0.1, 0.15) is 31.8 Å². The standard InChI is InChI=1S/C17H29ClN4OS/c1-4-19-17(20-11-14(23)15-5-6-16(18)24-15)22-9-7-21(8-10-22)12-13(2)3/h5-6,13-14,23H,4,7-12H2,1-3H3,(H,19,20). The van der Waals surface area contributed by atoms with Gasteiger partial charge in [0.15, 0.2) is 5.96 Å². The van der Waals surface area contributed by atoms with Crippen molar-refractivity contribution < 1.29 is 5.11 Å². The van der Waals surface area contributed by atoms with Crippen molar-refractivity contribution in [2.45, 2.75) is 26.9 Å². The molecule has 5 nitrogen and oxygen atoms in total. The van der Waals surface area contributed by atoms with Crippen molar-refractivity contribution in [2.75, 3.05) is 45.8 Å². The third-order valence-corrected chi connectivity index (χ3v) is 5.30. The number of guanidine groups is 1. The van der Waals surface area contributed by atoms with Crippen LogP contribution in [0.5, 0.6) is 0 Å². The molecule has 1 fully saturated rings. The smallest absolute Gasteiger partial charge is 0.194 e. The normalized spacial score (nSPS) is 18.2. The van der Waals surface area contributed by atoms with Crippen molar-refractivity contribution in [3.8, 4) is 0 Å². The molecule has 0 saturated carbocycles. The quantitative estimate of drug-likeness (QED) is 0.595. The largest absolute Gasteiger partial charge is 0.386 e. The zero-order valence-electron chi connectivity index (χ0n) is 14.8. The molecule has 1 atom stereocenters. The maximum Gasteiger partial charge on any atom is 0.194 e. The van der Waals surface area contributed by atoms with Gasteiger partial charge in [-0.25, -0.2) is 0 Å². The first kappa shape index (κ1) is 19.5. The minimum absolute atomic E-state index is 0.353. The lowest BCUT2D eigenvalue weighted by atomic mass is 10.2. The van der Waals surface area contributed by atoms with Gasteiger partial charge in [-0.3, -0.25) is 9.89 Å². The zero-order chi connectivity index (χ0) is 17.5. The second kappa shape index (κ2) is 9.61. The fourth-order valence-corrected chi connectivity index (χ4v) is 3.89. The fraction of sp³-hybridized carbons (Fsp3) is 0.706. The molecule has 1 aliphatic heterocycles. The molecule has 0 amide bonds. The maximum absolute atomic E-state index is 10.3. The predicted octanol–water partition coefficient (Wildman–Crippen LogP) is 2.67. The van der Waals surface area contributed by atoms with Gasteiger partial charge in [0.05, 0.1) is 10.9 Å². The lowest BCUT2D eigenvalue weighted by molar-refractivity contribution is 0.162. The molecule has 136 valence electrons. The van der Waals surface area contributed by atoms with Gasteiger partial charge in [0.25, 0.3) is 0 Å². The Bertz CT molecular complexity index is 526. The van der Waals surface area contributed by atoms with Gasteiger partial charge in [0.2, 0.25) is 0 Å². The first-order valence-corrected chi connectivity index (χ1v) is 9.88. The second-order valence-electron chi connectivity index (χ2n) is 6.53. The number of aliphatic hydroxyl groups excluding tert-OH is 1. The van der Waals surface area contributed by atoms with Crippen LogP contribution in [0.4, 0.5) is 0 Å². The monoisotopic (exact) mass is 372 g/mol. The summed E-state index contributed by atoms with van der Waals surface area (Å²) in [4.78, 5) is 10.3. The number of aliphatic imine (C=N–C) groups is 1. The van der Waals surface area contributed by atoms with E-state index in [1.807, 2.05) is 12.1 Å². The predicted molar refractivity (Wildman–Crippen MR) is 103 cm³/mol. The summed E-state index contributed by atoms with van der Waals surface area (Å²) in [6.45, 7) is 13.0. The first-order chi connectivity index (χ1) is 11.5. The number of aliphatic hydroxyl groups is 1. The molecule has 0 radical (unpaired) electrons. The molecule has 0 spiro atoms. The molecule has 2 N–H and O–H groups in total. The molecule has 0 aromatic carbocycles. The van der Waals surface area contributed by atoms with Gasteiger partial charge in [-0.05, 0) is 25.0 Å². The maximum atomic E-state index is 10.3.